The fourth-order valence-electron chi connectivity index (χ4n) is 2.24. The molecule has 2 N–H and O–H groups in total. The summed E-state index contributed by atoms with van der Waals surface area (Å²) in [7, 11) is -1.25. The Morgan fingerprint density at radius 3 is 2.50 bits per heavy atom. The van der Waals surface area contributed by atoms with Crippen LogP contribution in [0.1, 0.15) is 12.5 Å². The quantitative estimate of drug-likeness (QED) is 0.822. The van der Waals surface area contributed by atoms with Crippen LogP contribution in [0.4, 0.5) is 0 Å². The number of hydrogen-bond donors (Lipinski definition) is 2. The number of nitrogens with one attached hydrogen (secondary N) is 1. The minimum absolute atomic E-state index is 0.118. The van der Waals surface area contributed by atoms with Crippen molar-refractivity contribution in [2.75, 3.05) is 18.6 Å². The first-order chi connectivity index (χ1) is 9.39. The molecule has 0 saturated carbocycles. The molecule has 1 aliphatic heterocycles. The Hall–Kier alpha value is -1.11. The lowest BCUT2D eigenvalue weighted by molar-refractivity contribution is 0.0738. The Bertz CT molecular complexity index is 541. The van der Waals surface area contributed by atoms with E-state index in [0.29, 0.717) is 11.8 Å². The molecule has 0 spiro atoms. The van der Waals surface area contributed by atoms with Crippen molar-refractivity contribution >= 4 is 9.84 Å². The van der Waals surface area contributed by atoms with Crippen molar-refractivity contribution in [3.8, 4) is 5.75 Å². The zero-order valence-corrected chi connectivity index (χ0v) is 12.6. The molecule has 0 aromatic heterocycles. The first-order valence-electron chi connectivity index (χ1n) is 6.71. The number of aliphatic hydroxyl groups excluding tert-OH is 1. The van der Waals surface area contributed by atoms with Crippen LogP contribution in [-0.4, -0.2) is 50.3 Å². The molecule has 6 heteroatoms. The van der Waals surface area contributed by atoms with Crippen LogP contribution in [0.2, 0.25) is 0 Å². The van der Waals surface area contributed by atoms with Crippen LogP contribution >= 0.6 is 0 Å². The lowest BCUT2D eigenvalue weighted by Crippen LogP contribution is -2.29. The third-order valence-electron chi connectivity index (χ3n) is 3.52. The van der Waals surface area contributed by atoms with Crippen LogP contribution in [-0.2, 0) is 16.3 Å². The van der Waals surface area contributed by atoms with Gasteiger partial charge in [0.1, 0.15) is 18.0 Å². The van der Waals surface area contributed by atoms with E-state index < -0.39 is 22.0 Å². The normalized spacial score (nSPS) is 26.4. The van der Waals surface area contributed by atoms with Crippen LogP contribution in [0, 0.1) is 0 Å². The van der Waals surface area contributed by atoms with Crippen molar-refractivity contribution in [2.24, 2.45) is 0 Å². The van der Waals surface area contributed by atoms with Crippen molar-refractivity contribution in [3.05, 3.63) is 29.8 Å². The van der Waals surface area contributed by atoms with Gasteiger partial charge in [0, 0.05) is 6.04 Å². The van der Waals surface area contributed by atoms with E-state index in [0.717, 1.165) is 6.42 Å². The molecule has 1 fully saturated rings. The van der Waals surface area contributed by atoms with Gasteiger partial charge in [-0.15, -0.1) is 0 Å². The largest absolute Gasteiger partial charge is 0.487 e. The number of aliphatic hydroxyl groups is 1. The maximum absolute atomic E-state index is 11.4. The fourth-order valence-corrected chi connectivity index (χ4v) is 3.91. The average Bonchev–Trinajstić information content (AvgIpc) is 2.64. The highest BCUT2D eigenvalue weighted by Gasteiger charge is 2.38. The van der Waals surface area contributed by atoms with Gasteiger partial charge in [0.2, 0.25) is 0 Å². The minimum atomic E-state index is -3.18. The summed E-state index contributed by atoms with van der Waals surface area (Å²) in [6.45, 7) is 2.10. The molecular formula is C14H21NO4S. The Kier molecular flexibility index (Phi) is 4.67. The summed E-state index contributed by atoms with van der Waals surface area (Å²) in [6.07, 6.45) is -0.692. The molecule has 3 atom stereocenters. The molecule has 1 aliphatic rings. The highest BCUT2D eigenvalue weighted by molar-refractivity contribution is 7.91. The summed E-state index contributed by atoms with van der Waals surface area (Å²) in [5.74, 6) is 0.259. The second kappa shape index (κ2) is 6.11. The molecular weight excluding hydrogens is 278 g/mol. The van der Waals surface area contributed by atoms with Crippen LogP contribution in [0.25, 0.3) is 0 Å². The molecule has 5 nitrogen and oxygen atoms in total. The van der Waals surface area contributed by atoms with Crippen LogP contribution < -0.4 is 10.1 Å². The van der Waals surface area contributed by atoms with Crippen molar-refractivity contribution in [2.45, 2.75) is 31.6 Å². The third-order valence-corrected chi connectivity index (χ3v) is 5.20. The predicted octanol–water partition coefficient (Wildman–Crippen LogP) is 0.374. The van der Waals surface area contributed by atoms with Crippen molar-refractivity contribution in [1.29, 1.82) is 0 Å². The molecule has 1 heterocycles. The first-order valence-corrected chi connectivity index (χ1v) is 8.53. The van der Waals surface area contributed by atoms with Gasteiger partial charge in [-0.2, -0.15) is 0 Å². The van der Waals surface area contributed by atoms with Gasteiger partial charge in [0.15, 0.2) is 9.84 Å². The van der Waals surface area contributed by atoms with Crippen LogP contribution in [0.5, 0.6) is 5.75 Å². The molecule has 0 bridgehead atoms. The number of ether oxygens (including phenoxy) is 1. The van der Waals surface area contributed by atoms with E-state index in [1.807, 2.05) is 31.3 Å². The number of sulfone groups is 1. The second-order valence-corrected chi connectivity index (χ2v) is 7.49. The van der Waals surface area contributed by atoms with Crippen molar-refractivity contribution in [3.63, 3.8) is 0 Å². The van der Waals surface area contributed by atoms with Gasteiger partial charge in [-0.25, -0.2) is 8.42 Å². The van der Waals surface area contributed by atoms with Gasteiger partial charge in [0.25, 0.3) is 0 Å². The van der Waals surface area contributed by atoms with E-state index in [1.165, 1.54) is 5.56 Å². The van der Waals surface area contributed by atoms with Gasteiger partial charge in [0.05, 0.1) is 11.5 Å². The Morgan fingerprint density at radius 2 is 2.00 bits per heavy atom. The minimum Gasteiger partial charge on any atom is -0.487 e. The molecule has 112 valence electrons. The van der Waals surface area contributed by atoms with E-state index in [-0.39, 0.29) is 11.5 Å². The van der Waals surface area contributed by atoms with Gasteiger partial charge < -0.3 is 15.2 Å². The monoisotopic (exact) mass is 299 g/mol. The predicted molar refractivity (Wildman–Crippen MR) is 77.7 cm³/mol. The van der Waals surface area contributed by atoms with Crippen LogP contribution in [0.3, 0.4) is 0 Å². The summed E-state index contributed by atoms with van der Waals surface area (Å²) in [5.41, 5.74) is 1.18. The highest BCUT2D eigenvalue weighted by atomic mass is 32.2. The smallest absolute Gasteiger partial charge is 0.156 e. The summed E-state index contributed by atoms with van der Waals surface area (Å²) in [4.78, 5) is 0. The summed E-state index contributed by atoms with van der Waals surface area (Å²) >= 11 is 0. The van der Waals surface area contributed by atoms with Gasteiger partial charge in [-0.3, -0.25) is 0 Å². The molecule has 0 aliphatic carbocycles. The Morgan fingerprint density at radius 1 is 1.35 bits per heavy atom. The number of hydrogen-bond acceptors (Lipinski definition) is 5. The molecule has 3 unspecified atom stereocenters. The van der Waals surface area contributed by atoms with Gasteiger partial charge in [-0.1, -0.05) is 12.1 Å². The van der Waals surface area contributed by atoms with E-state index in [1.54, 1.807) is 0 Å². The van der Waals surface area contributed by atoms with Crippen molar-refractivity contribution in [1.82, 2.24) is 5.32 Å². The lowest BCUT2D eigenvalue weighted by atomic mass is 10.1. The lowest BCUT2D eigenvalue weighted by Gasteiger charge is -2.16. The Labute approximate surface area is 119 Å². The highest BCUT2D eigenvalue weighted by Crippen LogP contribution is 2.21. The number of benzene rings is 1. The molecule has 1 aromatic rings. The topological polar surface area (TPSA) is 75.6 Å². The molecule has 0 amide bonds. The van der Waals surface area contributed by atoms with Gasteiger partial charge >= 0.3 is 0 Å². The maximum atomic E-state index is 11.4. The van der Waals surface area contributed by atoms with Crippen molar-refractivity contribution < 1.29 is 18.3 Å². The SMILES string of the molecule is CNC(C)Cc1ccc(OC2CS(=O)(=O)CC2O)cc1. The van der Waals surface area contributed by atoms with E-state index in [2.05, 4.69) is 12.2 Å². The standard InChI is InChI=1S/C14H21NO4S/c1-10(15-2)7-11-3-5-12(6-4-11)19-14-9-20(17,18)8-13(14)16/h3-6,10,13-16H,7-9H2,1-2H3. The van der Waals surface area contributed by atoms with E-state index >= 15 is 0 Å². The summed E-state index contributed by atoms with van der Waals surface area (Å²) < 4.78 is 28.4. The molecule has 0 radical (unpaired) electrons. The van der Waals surface area contributed by atoms with Crippen LogP contribution in [0.15, 0.2) is 24.3 Å². The molecule has 1 aromatic carbocycles. The molecule has 2 rings (SSSR count). The molecule has 1 saturated heterocycles. The molecule has 20 heavy (non-hydrogen) atoms. The summed E-state index contributed by atoms with van der Waals surface area (Å²) in [6, 6.07) is 7.94. The maximum Gasteiger partial charge on any atom is 0.156 e. The zero-order valence-electron chi connectivity index (χ0n) is 11.7. The second-order valence-electron chi connectivity index (χ2n) is 5.34. The Balaban J connectivity index is 1.97. The van der Waals surface area contributed by atoms with E-state index in [9.17, 15) is 13.5 Å². The average molecular weight is 299 g/mol. The summed E-state index contributed by atoms with van der Waals surface area (Å²) in [5, 5.41) is 12.8. The fraction of sp³-hybridized carbons (Fsp3) is 0.571. The third kappa shape index (κ3) is 3.94. The van der Waals surface area contributed by atoms with Gasteiger partial charge in [-0.05, 0) is 38.1 Å². The van der Waals surface area contributed by atoms with E-state index in [4.69, 9.17) is 4.74 Å². The number of likely N-dealkylation sites (N-methyl/N-ethyl adjacent to an activating group) is 1. The zero-order chi connectivity index (χ0) is 14.8. The number of rotatable bonds is 5. The first kappa shape index (κ1) is 15.3.